The van der Waals surface area contributed by atoms with Crippen molar-refractivity contribution in [2.45, 2.75) is 13.2 Å². The van der Waals surface area contributed by atoms with E-state index in [9.17, 15) is 13.2 Å². The number of para-hydroxylation sites is 2. The molecule has 1 heterocycles. The highest BCUT2D eigenvalue weighted by Gasteiger charge is 2.13. The van der Waals surface area contributed by atoms with Gasteiger partial charge in [-0.15, -0.1) is 0 Å². The van der Waals surface area contributed by atoms with Crippen molar-refractivity contribution >= 4 is 40.4 Å². The van der Waals surface area contributed by atoms with Crippen LogP contribution in [0.5, 0.6) is 5.75 Å². The molecule has 3 rings (SSSR count). The predicted octanol–water partition coefficient (Wildman–Crippen LogP) is 5.13. The number of nitrogens with zero attached hydrogens (tertiary/aromatic N) is 2. The van der Waals surface area contributed by atoms with Gasteiger partial charge >= 0.3 is 6.61 Å². The zero-order chi connectivity index (χ0) is 20.1. The first-order chi connectivity index (χ1) is 13.4. The minimum absolute atomic E-state index is 0.0576. The van der Waals surface area contributed by atoms with Crippen LogP contribution in [-0.4, -0.2) is 21.5 Å². The average Bonchev–Trinajstić information content (AvgIpc) is 2.97. The number of ether oxygens (including phenoxy) is 1. The second-order valence-electron chi connectivity index (χ2n) is 5.57. The van der Waals surface area contributed by atoms with E-state index in [0.717, 1.165) is 0 Å². The largest absolute Gasteiger partial charge is 0.433 e. The van der Waals surface area contributed by atoms with Crippen LogP contribution in [0, 0.1) is 5.82 Å². The van der Waals surface area contributed by atoms with Gasteiger partial charge in [-0.2, -0.15) is 13.9 Å². The summed E-state index contributed by atoms with van der Waals surface area (Å²) < 4.78 is 44.7. The van der Waals surface area contributed by atoms with Gasteiger partial charge in [0, 0.05) is 11.8 Å². The number of benzene rings is 2. The summed E-state index contributed by atoms with van der Waals surface area (Å²) in [6, 6.07) is 12.4. The lowest BCUT2D eigenvalue weighted by Gasteiger charge is -2.13. The van der Waals surface area contributed by atoms with Gasteiger partial charge in [0.15, 0.2) is 10.9 Å². The van der Waals surface area contributed by atoms with Gasteiger partial charge in [0.25, 0.3) is 0 Å². The highest BCUT2D eigenvalue weighted by Crippen LogP contribution is 2.26. The summed E-state index contributed by atoms with van der Waals surface area (Å²) in [6.45, 7) is -2.78. The zero-order valence-corrected chi connectivity index (χ0v) is 15.8. The van der Waals surface area contributed by atoms with Gasteiger partial charge in [0.1, 0.15) is 16.6 Å². The molecule has 0 saturated heterocycles. The van der Waals surface area contributed by atoms with Crippen molar-refractivity contribution in [2.75, 3.05) is 10.6 Å². The fourth-order valence-corrected chi connectivity index (χ4v) is 2.80. The second kappa shape index (κ2) is 8.94. The summed E-state index contributed by atoms with van der Waals surface area (Å²) in [5.74, 6) is -0.169. The Balaban J connectivity index is 1.68. The molecule has 0 aliphatic heterocycles. The van der Waals surface area contributed by atoms with Crippen LogP contribution in [0.1, 0.15) is 5.56 Å². The van der Waals surface area contributed by atoms with Crippen LogP contribution in [0.25, 0.3) is 0 Å². The maximum atomic E-state index is 13.8. The van der Waals surface area contributed by atoms with E-state index >= 15 is 0 Å². The zero-order valence-electron chi connectivity index (χ0n) is 14.2. The van der Waals surface area contributed by atoms with E-state index in [1.54, 1.807) is 30.3 Å². The Morgan fingerprint density at radius 3 is 2.61 bits per heavy atom. The molecule has 0 unspecified atom stereocenters. The van der Waals surface area contributed by atoms with Gasteiger partial charge in [0.05, 0.1) is 12.2 Å². The highest BCUT2D eigenvalue weighted by atomic mass is 35.5. The molecule has 5 nitrogen and oxygen atoms in total. The fourth-order valence-electron chi connectivity index (χ4n) is 2.39. The van der Waals surface area contributed by atoms with Crippen molar-refractivity contribution in [1.82, 2.24) is 9.78 Å². The van der Waals surface area contributed by atoms with E-state index in [0.29, 0.717) is 5.56 Å². The number of rotatable bonds is 6. The van der Waals surface area contributed by atoms with E-state index in [1.807, 2.05) is 0 Å². The number of aromatic nitrogens is 2. The Morgan fingerprint density at radius 1 is 1.14 bits per heavy atom. The lowest BCUT2D eigenvalue weighted by molar-refractivity contribution is -0.0493. The molecule has 1 aromatic heterocycles. The molecule has 0 bridgehead atoms. The maximum Gasteiger partial charge on any atom is 0.387 e. The van der Waals surface area contributed by atoms with Crippen molar-refractivity contribution in [1.29, 1.82) is 0 Å². The number of hydrogen-bond donors (Lipinski definition) is 2. The molecule has 0 atom stereocenters. The molecule has 0 aliphatic carbocycles. The molecule has 3 aromatic rings. The van der Waals surface area contributed by atoms with Gasteiger partial charge in [0.2, 0.25) is 0 Å². The van der Waals surface area contributed by atoms with E-state index in [-0.39, 0.29) is 39.8 Å². The SMILES string of the molecule is Fc1ccccc1Cn1cc(Cl)c(NC(=S)Nc2ccccc2OC(F)F)n1. The third-order valence-electron chi connectivity index (χ3n) is 3.59. The molecular formula is C18H14ClF3N4OS. The van der Waals surface area contributed by atoms with Crippen molar-refractivity contribution in [3.8, 4) is 5.75 Å². The number of halogens is 4. The first kappa shape index (κ1) is 20.0. The van der Waals surface area contributed by atoms with Crippen LogP contribution in [0.15, 0.2) is 54.7 Å². The lowest BCUT2D eigenvalue weighted by Crippen LogP contribution is -2.20. The molecule has 0 aliphatic rings. The molecule has 146 valence electrons. The first-order valence-corrected chi connectivity index (χ1v) is 8.79. The molecule has 2 aromatic carbocycles. The standard InChI is InChI=1S/C18H14ClF3N4OS/c19-12-10-26(9-11-5-1-2-6-13(11)20)25-16(12)24-18(28)23-14-7-3-4-8-15(14)27-17(21)22/h1-8,10,17H,9H2,(H2,23,24,25,28). The Morgan fingerprint density at radius 2 is 1.86 bits per heavy atom. The maximum absolute atomic E-state index is 13.8. The molecule has 0 spiro atoms. The fraction of sp³-hybridized carbons (Fsp3) is 0.111. The third kappa shape index (κ3) is 5.14. The van der Waals surface area contributed by atoms with Crippen LogP contribution < -0.4 is 15.4 Å². The van der Waals surface area contributed by atoms with Crippen molar-refractivity contribution in [3.63, 3.8) is 0 Å². The Hall–Kier alpha value is -2.78. The van der Waals surface area contributed by atoms with Gasteiger partial charge in [-0.05, 0) is 30.4 Å². The topological polar surface area (TPSA) is 51.1 Å². The molecule has 28 heavy (non-hydrogen) atoms. The van der Waals surface area contributed by atoms with E-state index < -0.39 is 6.61 Å². The van der Waals surface area contributed by atoms with E-state index in [1.165, 1.54) is 29.1 Å². The van der Waals surface area contributed by atoms with Crippen LogP contribution in [0.3, 0.4) is 0 Å². The van der Waals surface area contributed by atoms with Crippen LogP contribution in [0.4, 0.5) is 24.7 Å². The summed E-state index contributed by atoms with van der Waals surface area (Å²) in [6.07, 6.45) is 1.52. The third-order valence-corrected chi connectivity index (χ3v) is 4.07. The quantitative estimate of drug-likeness (QED) is 0.535. The molecule has 2 N–H and O–H groups in total. The molecule has 0 radical (unpaired) electrons. The summed E-state index contributed by atoms with van der Waals surface area (Å²) in [7, 11) is 0. The van der Waals surface area contributed by atoms with E-state index in [4.69, 9.17) is 23.8 Å². The van der Waals surface area contributed by atoms with Crippen molar-refractivity contribution < 1.29 is 17.9 Å². The normalized spacial score (nSPS) is 10.8. The minimum atomic E-state index is -2.96. The Bertz CT molecular complexity index is 983. The molecule has 0 saturated carbocycles. The average molecular weight is 427 g/mol. The molecule has 10 heteroatoms. The Labute approximate surface area is 169 Å². The van der Waals surface area contributed by atoms with Crippen molar-refractivity contribution in [2.24, 2.45) is 0 Å². The van der Waals surface area contributed by atoms with Crippen molar-refractivity contribution in [3.05, 3.63) is 71.1 Å². The van der Waals surface area contributed by atoms with Gasteiger partial charge in [-0.3, -0.25) is 4.68 Å². The van der Waals surface area contributed by atoms with E-state index in [2.05, 4.69) is 20.5 Å². The second-order valence-corrected chi connectivity index (χ2v) is 6.38. The minimum Gasteiger partial charge on any atom is -0.433 e. The molecular weight excluding hydrogens is 413 g/mol. The summed E-state index contributed by atoms with van der Waals surface area (Å²) in [4.78, 5) is 0. The highest BCUT2D eigenvalue weighted by molar-refractivity contribution is 7.80. The number of thiocarbonyl (C=S) groups is 1. The predicted molar refractivity (Wildman–Crippen MR) is 106 cm³/mol. The number of anilines is 2. The molecule has 0 fully saturated rings. The summed E-state index contributed by atoms with van der Waals surface area (Å²) in [5, 5.41) is 10.1. The number of nitrogens with one attached hydrogen (secondary N) is 2. The van der Waals surface area contributed by atoms with Crippen LogP contribution in [0.2, 0.25) is 5.02 Å². The summed E-state index contributed by atoms with van der Waals surface area (Å²) >= 11 is 11.3. The number of hydrogen-bond acceptors (Lipinski definition) is 3. The van der Waals surface area contributed by atoms with Crippen LogP contribution >= 0.6 is 23.8 Å². The number of alkyl halides is 2. The lowest BCUT2D eigenvalue weighted by atomic mass is 10.2. The first-order valence-electron chi connectivity index (χ1n) is 8.00. The van der Waals surface area contributed by atoms with Gasteiger partial charge in [-0.25, -0.2) is 4.39 Å². The van der Waals surface area contributed by atoms with Gasteiger partial charge < -0.3 is 15.4 Å². The summed E-state index contributed by atoms with van der Waals surface area (Å²) in [5.41, 5.74) is 0.703. The Kier molecular flexibility index (Phi) is 6.37. The van der Waals surface area contributed by atoms with Gasteiger partial charge in [-0.1, -0.05) is 41.9 Å². The molecule has 0 amide bonds. The monoisotopic (exact) mass is 426 g/mol. The van der Waals surface area contributed by atoms with Crippen LogP contribution in [-0.2, 0) is 6.54 Å². The smallest absolute Gasteiger partial charge is 0.387 e.